The first-order chi connectivity index (χ1) is 9.49. The fourth-order valence-electron chi connectivity index (χ4n) is 3.18. The molecule has 118 valence electrons. The fourth-order valence-corrected chi connectivity index (χ4v) is 3.18. The second-order valence-electron chi connectivity index (χ2n) is 7.74. The van der Waals surface area contributed by atoms with Crippen LogP contribution in [0.15, 0.2) is 0 Å². The molecule has 0 aromatic carbocycles. The molecule has 3 heteroatoms. The van der Waals surface area contributed by atoms with E-state index in [1.54, 1.807) is 0 Å². The highest BCUT2D eigenvalue weighted by atomic mass is 16.5. The summed E-state index contributed by atoms with van der Waals surface area (Å²) >= 11 is 0. The molecule has 2 aliphatic rings. The number of rotatable bonds is 5. The standard InChI is InChI=1S/C17H33NO2/c1-16(2,3)18-14-17(9-6-4-5-7-10-17)20-13-15-8-11-19-12-15/h15,18H,4-14H2,1-3H3. The summed E-state index contributed by atoms with van der Waals surface area (Å²) in [5.41, 5.74) is 0.228. The molecule has 0 radical (unpaired) electrons. The lowest BCUT2D eigenvalue weighted by atomic mass is 9.92. The maximum absolute atomic E-state index is 6.49. The number of hydrogen-bond acceptors (Lipinski definition) is 3. The molecule has 1 saturated heterocycles. The molecule has 1 unspecified atom stereocenters. The minimum Gasteiger partial charge on any atom is -0.381 e. The third-order valence-electron chi connectivity index (χ3n) is 4.60. The predicted molar refractivity (Wildman–Crippen MR) is 83.1 cm³/mol. The first kappa shape index (κ1) is 16.3. The summed E-state index contributed by atoms with van der Waals surface area (Å²) in [5.74, 6) is 0.616. The first-order valence-corrected chi connectivity index (χ1v) is 8.46. The van der Waals surface area contributed by atoms with E-state index in [-0.39, 0.29) is 11.1 Å². The Bertz CT molecular complexity index is 271. The molecular weight excluding hydrogens is 250 g/mol. The van der Waals surface area contributed by atoms with Gasteiger partial charge in [-0.25, -0.2) is 0 Å². The molecule has 0 aromatic rings. The average molecular weight is 283 g/mol. The van der Waals surface area contributed by atoms with Gasteiger partial charge in [-0.05, 0) is 40.0 Å². The Hall–Kier alpha value is -0.120. The van der Waals surface area contributed by atoms with Crippen LogP contribution in [0.5, 0.6) is 0 Å². The lowest BCUT2D eigenvalue weighted by molar-refractivity contribution is -0.0723. The summed E-state index contributed by atoms with van der Waals surface area (Å²) in [6.07, 6.45) is 8.95. The Morgan fingerprint density at radius 2 is 1.85 bits per heavy atom. The van der Waals surface area contributed by atoms with Gasteiger partial charge in [-0.2, -0.15) is 0 Å². The van der Waals surface area contributed by atoms with Crippen molar-refractivity contribution in [1.82, 2.24) is 5.32 Å². The van der Waals surface area contributed by atoms with Crippen molar-refractivity contribution in [3.8, 4) is 0 Å². The van der Waals surface area contributed by atoms with Crippen LogP contribution in [0.3, 0.4) is 0 Å². The van der Waals surface area contributed by atoms with Gasteiger partial charge in [-0.1, -0.05) is 25.7 Å². The van der Waals surface area contributed by atoms with Gasteiger partial charge in [0.2, 0.25) is 0 Å². The van der Waals surface area contributed by atoms with Crippen LogP contribution in [0.4, 0.5) is 0 Å². The van der Waals surface area contributed by atoms with Crippen molar-refractivity contribution in [2.75, 3.05) is 26.4 Å². The minimum atomic E-state index is 0.0619. The molecular formula is C17H33NO2. The smallest absolute Gasteiger partial charge is 0.0806 e. The van der Waals surface area contributed by atoms with Crippen LogP contribution in [0.25, 0.3) is 0 Å². The van der Waals surface area contributed by atoms with E-state index in [2.05, 4.69) is 26.1 Å². The van der Waals surface area contributed by atoms with Crippen molar-refractivity contribution in [2.45, 2.75) is 76.9 Å². The quantitative estimate of drug-likeness (QED) is 0.783. The van der Waals surface area contributed by atoms with Crippen LogP contribution in [0, 0.1) is 5.92 Å². The molecule has 20 heavy (non-hydrogen) atoms. The largest absolute Gasteiger partial charge is 0.381 e. The minimum absolute atomic E-state index is 0.0619. The third kappa shape index (κ3) is 5.34. The number of hydrogen-bond donors (Lipinski definition) is 1. The van der Waals surface area contributed by atoms with E-state index in [0.29, 0.717) is 5.92 Å². The molecule has 0 aromatic heterocycles. The highest BCUT2D eigenvalue weighted by Crippen LogP contribution is 2.31. The summed E-state index contributed by atoms with van der Waals surface area (Å²) in [6.45, 7) is 10.4. The van der Waals surface area contributed by atoms with Crippen molar-refractivity contribution < 1.29 is 9.47 Å². The fraction of sp³-hybridized carbons (Fsp3) is 1.00. The van der Waals surface area contributed by atoms with Crippen LogP contribution in [-0.4, -0.2) is 37.5 Å². The second kappa shape index (κ2) is 7.24. The van der Waals surface area contributed by atoms with Crippen molar-refractivity contribution in [1.29, 1.82) is 0 Å². The van der Waals surface area contributed by atoms with E-state index in [9.17, 15) is 0 Å². The lowest BCUT2D eigenvalue weighted by Gasteiger charge is -2.37. The van der Waals surface area contributed by atoms with Gasteiger partial charge in [-0.3, -0.25) is 0 Å². The molecule has 0 spiro atoms. The van der Waals surface area contributed by atoms with E-state index in [1.807, 2.05) is 0 Å². The Labute approximate surface area is 124 Å². The zero-order valence-electron chi connectivity index (χ0n) is 13.7. The SMILES string of the molecule is CC(C)(C)NCC1(OCC2CCOC2)CCCCCC1. The van der Waals surface area contributed by atoms with Gasteiger partial charge in [0.25, 0.3) is 0 Å². The zero-order valence-corrected chi connectivity index (χ0v) is 13.7. The van der Waals surface area contributed by atoms with E-state index in [0.717, 1.165) is 26.4 Å². The molecule has 2 fully saturated rings. The van der Waals surface area contributed by atoms with Gasteiger partial charge >= 0.3 is 0 Å². The Kier molecular flexibility index (Phi) is 5.88. The first-order valence-electron chi connectivity index (χ1n) is 8.46. The van der Waals surface area contributed by atoms with Crippen LogP contribution in [-0.2, 0) is 9.47 Å². The summed E-state index contributed by atoms with van der Waals surface area (Å²) in [6, 6.07) is 0. The van der Waals surface area contributed by atoms with Gasteiger partial charge in [0, 0.05) is 24.6 Å². The Morgan fingerprint density at radius 3 is 2.40 bits per heavy atom. The maximum atomic E-state index is 6.49. The topological polar surface area (TPSA) is 30.5 Å². The Balaban J connectivity index is 1.90. The van der Waals surface area contributed by atoms with E-state index in [1.165, 1.54) is 44.9 Å². The van der Waals surface area contributed by atoms with E-state index in [4.69, 9.17) is 9.47 Å². The van der Waals surface area contributed by atoms with Gasteiger partial charge < -0.3 is 14.8 Å². The average Bonchev–Trinajstić information content (AvgIpc) is 2.79. The second-order valence-corrected chi connectivity index (χ2v) is 7.74. The highest BCUT2D eigenvalue weighted by molar-refractivity contribution is 4.88. The van der Waals surface area contributed by atoms with Crippen molar-refractivity contribution in [2.24, 2.45) is 5.92 Å². The van der Waals surface area contributed by atoms with Gasteiger partial charge in [0.1, 0.15) is 0 Å². The summed E-state index contributed by atoms with van der Waals surface area (Å²) in [4.78, 5) is 0. The Morgan fingerprint density at radius 1 is 1.15 bits per heavy atom. The zero-order chi connectivity index (χ0) is 14.5. The molecule has 1 aliphatic heterocycles. The predicted octanol–water partition coefficient (Wildman–Crippen LogP) is 3.52. The number of nitrogens with one attached hydrogen (secondary N) is 1. The van der Waals surface area contributed by atoms with Crippen LogP contribution < -0.4 is 5.32 Å². The lowest BCUT2D eigenvalue weighted by Crippen LogP contribution is -2.49. The van der Waals surface area contributed by atoms with Gasteiger partial charge in [0.05, 0.1) is 18.8 Å². The van der Waals surface area contributed by atoms with Crippen LogP contribution in [0.1, 0.15) is 65.7 Å². The highest BCUT2D eigenvalue weighted by Gasteiger charge is 2.34. The molecule has 1 atom stereocenters. The summed E-state index contributed by atoms with van der Waals surface area (Å²) in [7, 11) is 0. The summed E-state index contributed by atoms with van der Waals surface area (Å²) < 4.78 is 12.0. The molecule has 1 aliphatic carbocycles. The maximum Gasteiger partial charge on any atom is 0.0806 e. The molecule has 3 nitrogen and oxygen atoms in total. The van der Waals surface area contributed by atoms with Gasteiger partial charge in [0.15, 0.2) is 0 Å². The third-order valence-corrected chi connectivity index (χ3v) is 4.60. The number of ether oxygens (including phenoxy) is 2. The molecule has 0 amide bonds. The van der Waals surface area contributed by atoms with E-state index < -0.39 is 0 Å². The summed E-state index contributed by atoms with van der Waals surface area (Å²) in [5, 5.41) is 3.68. The monoisotopic (exact) mass is 283 g/mol. The van der Waals surface area contributed by atoms with Crippen molar-refractivity contribution in [3.05, 3.63) is 0 Å². The molecule has 2 rings (SSSR count). The molecule has 0 bridgehead atoms. The van der Waals surface area contributed by atoms with Crippen LogP contribution in [0.2, 0.25) is 0 Å². The van der Waals surface area contributed by atoms with Gasteiger partial charge in [-0.15, -0.1) is 0 Å². The molecule has 1 heterocycles. The van der Waals surface area contributed by atoms with Crippen LogP contribution >= 0.6 is 0 Å². The van der Waals surface area contributed by atoms with E-state index >= 15 is 0 Å². The molecule has 1 saturated carbocycles. The van der Waals surface area contributed by atoms with Crippen molar-refractivity contribution >= 4 is 0 Å². The normalized spacial score (nSPS) is 27.4. The van der Waals surface area contributed by atoms with Crippen molar-refractivity contribution in [3.63, 3.8) is 0 Å². The molecule has 1 N–H and O–H groups in total.